The van der Waals surface area contributed by atoms with Crippen LogP contribution < -0.4 is 0 Å². The van der Waals surface area contributed by atoms with Gasteiger partial charge in [-0.2, -0.15) is 5.26 Å². The Morgan fingerprint density at radius 2 is 2.00 bits per heavy atom. The summed E-state index contributed by atoms with van der Waals surface area (Å²) in [6, 6.07) is 10.5. The largest absolute Gasteiger partial charge is 0.391 e. The maximum atomic E-state index is 10.6. The zero-order valence-corrected chi connectivity index (χ0v) is 10.3. The van der Waals surface area contributed by atoms with Crippen LogP contribution in [0.2, 0.25) is 0 Å². The molecule has 2 aliphatic rings. The van der Waals surface area contributed by atoms with Crippen molar-refractivity contribution in [3.8, 4) is 6.07 Å². The van der Waals surface area contributed by atoms with Crippen molar-refractivity contribution in [1.29, 1.82) is 5.26 Å². The van der Waals surface area contributed by atoms with Crippen LogP contribution in [0.25, 0.3) is 0 Å². The summed E-state index contributed by atoms with van der Waals surface area (Å²) in [6.45, 7) is 1.29. The highest BCUT2D eigenvalue weighted by molar-refractivity contribution is 5.38. The zero-order valence-electron chi connectivity index (χ0n) is 10.3. The van der Waals surface area contributed by atoms with E-state index in [4.69, 9.17) is 4.74 Å². The first-order chi connectivity index (χ1) is 8.75. The molecule has 3 heteroatoms. The normalized spacial score (nSPS) is 26.6. The number of nitrogens with zero attached hydrogens (tertiary/aromatic N) is 1. The molecule has 0 aromatic heterocycles. The van der Waals surface area contributed by atoms with Crippen molar-refractivity contribution in [2.75, 3.05) is 13.2 Å². The van der Waals surface area contributed by atoms with Gasteiger partial charge >= 0.3 is 0 Å². The van der Waals surface area contributed by atoms with Crippen LogP contribution in [-0.2, 0) is 17.6 Å². The van der Waals surface area contributed by atoms with E-state index in [-0.39, 0.29) is 5.92 Å². The van der Waals surface area contributed by atoms with E-state index in [9.17, 15) is 10.4 Å². The summed E-state index contributed by atoms with van der Waals surface area (Å²) in [5, 5.41) is 20.1. The number of hydrogen-bond donors (Lipinski definition) is 1. The van der Waals surface area contributed by atoms with E-state index in [0.29, 0.717) is 26.1 Å². The summed E-state index contributed by atoms with van der Waals surface area (Å²) in [6.07, 6.45) is 1.60. The third kappa shape index (κ3) is 1.73. The summed E-state index contributed by atoms with van der Waals surface area (Å²) in [5.41, 5.74) is 1.76. The van der Waals surface area contributed by atoms with E-state index in [1.165, 1.54) is 11.1 Å². The number of benzene rings is 1. The summed E-state index contributed by atoms with van der Waals surface area (Å²) in [5.74, 6) is 0.110. The minimum atomic E-state index is -0.651. The van der Waals surface area contributed by atoms with Crippen molar-refractivity contribution in [2.24, 2.45) is 11.3 Å². The minimum absolute atomic E-state index is 0.110. The quantitative estimate of drug-likeness (QED) is 0.860. The first kappa shape index (κ1) is 11.7. The van der Waals surface area contributed by atoms with Gasteiger partial charge in [0.25, 0.3) is 0 Å². The molecule has 94 valence electrons. The van der Waals surface area contributed by atoms with Crippen molar-refractivity contribution in [1.82, 2.24) is 0 Å². The molecule has 2 unspecified atom stereocenters. The Balaban J connectivity index is 1.87. The second-order valence-electron chi connectivity index (χ2n) is 5.46. The van der Waals surface area contributed by atoms with Gasteiger partial charge in [0.15, 0.2) is 0 Å². The van der Waals surface area contributed by atoms with Crippen molar-refractivity contribution in [2.45, 2.75) is 25.4 Å². The lowest BCUT2D eigenvalue weighted by atomic mass is 9.75. The highest BCUT2D eigenvalue weighted by Gasteiger charge is 2.47. The second kappa shape index (κ2) is 4.38. The van der Waals surface area contributed by atoms with Gasteiger partial charge in [-0.1, -0.05) is 24.3 Å². The van der Waals surface area contributed by atoms with Gasteiger partial charge in [-0.05, 0) is 30.4 Å². The number of fused-ring (bicyclic) bond motifs is 1. The van der Waals surface area contributed by atoms with Gasteiger partial charge < -0.3 is 9.84 Å². The highest BCUT2D eigenvalue weighted by atomic mass is 16.5. The fraction of sp³-hybridized carbons (Fsp3) is 0.533. The topological polar surface area (TPSA) is 53.2 Å². The molecule has 0 saturated carbocycles. The molecule has 0 amide bonds. The van der Waals surface area contributed by atoms with E-state index in [1.807, 2.05) is 12.1 Å². The van der Waals surface area contributed by atoms with Gasteiger partial charge in [0.1, 0.15) is 0 Å². The Morgan fingerprint density at radius 3 is 2.50 bits per heavy atom. The lowest BCUT2D eigenvalue weighted by molar-refractivity contribution is 0.0133. The molecular weight excluding hydrogens is 226 g/mol. The summed E-state index contributed by atoms with van der Waals surface area (Å²) >= 11 is 0. The van der Waals surface area contributed by atoms with E-state index < -0.39 is 11.5 Å². The van der Waals surface area contributed by atoms with Gasteiger partial charge in [-0.3, -0.25) is 0 Å². The van der Waals surface area contributed by atoms with Crippen LogP contribution >= 0.6 is 0 Å². The van der Waals surface area contributed by atoms with E-state index in [2.05, 4.69) is 18.2 Å². The van der Waals surface area contributed by atoms with Crippen molar-refractivity contribution < 1.29 is 9.84 Å². The monoisotopic (exact) mass is 243 g/mol. The fourth-order valence-corrected chi connectivity index (χ4v) is 3.25. The van der Waals surface area contributed by atoms with Gasteiger partial charge in [0, 0.05) is 12.5 Å². The Kier molecular flexibility index (Phi) is 2.85. The molecule has 1 aromatic carbocycles. The van der Waals surface area contributed by atoms with Crippen LogP contribution in [0.1, 0.15) is 17.5 Å². The Labute approximate surface area is 107 Å². The number of hydrogen-bond acceptors (Lipinski definition) is 3. The summed E-state index contributed by atoms with van der Waals surface area (Å²) < 4.78 is 5.33. The average Bonchev–Trinajstić information content (AvgIpc) is 3.05. The molecule has 1 heterocycles. The molecule has 1 saturated heterocycles. The molecule has 1 fully saturated rings. The molecule has 0 bridgehead atoms. The average molecular weight is 243 g/mol. The molecule has 2 atom stereocenters. The van der Waals surface area contributed by atoms with Crippen molar-refractivity contribution in [3.63, 3.8) is 0 Å². The summed E-state index contributed by atoms with van der Waals surface area (Å²) in [7, 11) is 0. The predicted octanol–water partition coefficient (Wildman–Crippen LogP) is 1.69. The molecule has 18 heavy (non-hydrogen) atoms. The number of aliphatic hydroxyl groups excluding tert-OH is 1. The third-order valence-corrected chi connectivity index (χ3v) is 4.33. The number of rotatable bonds is 2. The molecule has 1 N–H and O–H groups in total. The maximum absolute atomic E-state index is 10.6. The van der Waals surface area contributed by atoms with Crippen LogP contribution in [0.4, 0.5) is 0 Å². The lowest BCUT2D eigenvalue weighted by Gasteiger charge is -2.30. The molecule has 3 rings (SSSR count). The molecule has 1 aliphatic carbocycles. The Hall–Kier alpha value is -1.37. The fourth-order valence-electron chi connectivity index (χ4n) is 3.25. The second-order valence-corrected chi connectivity index (χ2v) is 5.46. The standard InChI is InChI=1S/C15H17NO2/c16-10-15(14(17)13-5-6-18-9-13)7-11-3-1-2-4-12(11)8-15/h1-4,13-14,17H,5-9H2. The Bertz CT molecular complexity index is 461. The SMILES string of the molecule is N#CC1(C(O)C2CCOC2)Cc2ccccc2C1. The Morgan fingerprint density at radius 1 is 1.33 bits per heavy atom. The number of aliphatic hydroxyl groups is 1. The minimum Gasteiger partial charge on any atom is -0.391 e. The predicted molar refractivity (Wildman–Crippen MR) is 66.8 cm³/mol. The van der Waals surface area contributed by atoms with Crippen LogP contribution in [0.15, 0.2) is 24.3 Å². The van der Waals surface area contributed by atoms with Gasteiger partial charge in [0.2, 0.25) is 0 Å². The zero-order chi connectivity index (χ0) is 12.6. The molecule has 3 nitrogen and oxygen atoms in total. The smallest absolute Gasteiger partial charge is 0.0916 e. The van der Waals surface area contributed by atoms with Crippen molar-refractivity contribution >= 4 is 0 Å². The van der Waals surface area contributed by atoms with E-state index in [1.54, 1.807) is 0 Å². The number of nitriles is 1. The highest BCUT2D eigenvalue weighted by Crippen LogP contribution is 2.42. The molecule has 1 aromatic rings. The van der Waals surface area contributed by atoms with Crippen molar-refractivity contribution in [3.05, 3.63) is 35.4 Å². The van der Waals surface area contributed by atoms with Gasteiger partial charge in [-0.15, -0.1) is 0 Å². The van der Waals surface area contributed by atoms with Gasteiger partial charge in [0.05, 0.1) is 24.2 Å². The van der Waals surface area contributed by atoms with E-state index >= 15 is 0 Å². The summed E-state index contributed by atoms with van der Waals surface area (Å²) in [4.78, 5) is 0. The van der Waals surface area contributed by atoms with Crippen LogP contribution in [0.5, 0.6) is 0 Å². The number of ether oxygens (including phenoxy) is 1. The van der Waals surface area contributed by atoms with Crippen LogP contribution in [-0.4, -0.2) is 24.4 Å². The van der Waals surface area contributed by atoms with E-state index in [0.717, 1.165) is 6.42 Å². The lowest BCUT2D eigenvalue weighted by Crippen LogP contribution is -2.40. The first-order valence-electron chi connectivity index (χ1n) is 6.49. The van der Waals surface area contributed by atoms with Crippen LogP contribution in [0.3, 0.4) is 0 Å². The molecule has 0 spiro atoms. The first-order valence-corrected chi connectivity index (χ1v) is 6.49. The molecule has 1 aliphatic heterocycles. The molecule has 0 radical (unpaired) electrons. The maximum Gasteiger partial charge on any atom is 0.0916 e. The third-order valence-electron chi connectivity index (χ3n) is 4.33. The molecular formula is C15H17NO2. The van der Waals surface area contributed by atoms with Gasteiger partial charge in [-0.25, -0.2) is 0 Å². The van der Waals surface area contributed by atoms with Crippen LogP contribution in [0, 0.1) is 22.7 Å².